The van der Waals surface area contributed by atoms with E-state index < -0.39 is 11.7 Å². The molecule has 23 heavy (non-hydrogen) atoms. The van der Waals surface area contributed by atoms with Crippen LogP contribution in [-0.4, -0.2) is 42.9 Å². The molecular formula is C15H23N3O5. The summed E-state index contributed by atoms with van der Waals surface area (Å²) >= 11 is 0. The second kappa shape index (κ2) is 8.33. The Balaban J connectivity index is 2.92. The Kier molecular flexibility index (Phi) is 6.77. The first kappa shape index (κ1) is 18.7. The summed E-state index contributed by atoms with van der Waals surface area (Å²) in [4.78, 5) is 27.5. The van der Waals surface area contributed by atoms with Crippen molar-refractivity contribution in [2.24, 2.45) is 0 Å². The van der Waals surface area contributed by atoms with Gasteiger partial charge in [-0.15, -0.1) is 0 Å². The van der Waals surface area contributed by atoms with Gasteiger partial charge >= 0.3 is 6.09 Å². The number of amides is 2. The van der Waals surface area contributed by atoms with Gasteiger partial charge in [-0.05, 0) is 27.7 Å². The van der Waals surface area contributed by atoms with Crippen molar-refractivity contribution in [1.29, 1.82) is 0 Å². The third-order valence-electron chi connectivity index (χ3n) is 2.35. The first-order valence-corrected chi connectivity index (χ1v) is 7.16. The fourth-order valence-electron chi connectivity index (χ4n) is 1.60. The number of ether oxygens (including phenoxy) is 3. The Morgan fingerprint density at radius 3 is 2.52 bits per heavy atom. The molecule has 8 heteroatoms. The number of hydrogen-bond acceptors (Lipinski definition) is 6. The van der Waals surface area contributed by atoms with E-state index in [2.05, 4.69) is 15.6 Å². The van der Waals surface area contributed by atoms with E-state index in [0.717, 1.165) is 0 Å². The van der Waals surface area contributed by atoms with Gasteiger partial charge in [0.05, 0.1) is 18.5 Å². The highest BCUT2D eigenvalue weighted by Gasteiger charge is 2.18. The first-order valence-electron chi connectivity index (χ1n) is 7.16. The van der Waals surface area contributed by atoms with Crippen molar-refractivity contribution in [1.82, 2.24) is 4.98 Å². The summed E-state index contributed by atoms with van der Waals surface area (Å²) in [7, 11) is 1.42. The molecule has 0 aliphatic rings. The number of nitrogens with one attached hydrogen (secondary N) is 2. The number of nitrogens with zero attached hydrogens (tertiary/aromatic N) is 1. The molecule has 0 saturated carbocycles. The molecule has 8 nitrogen and oxygen atoms in total. The molecule has 2 N–H and O–H groups in total. The number of hydrogen-bond donors (Lipinski definition) is 2. The van der Waals surface area contributed by atoms with Crippen molar-refractivity contribution in [3.8, 4) is 5.75 Å². The molecule has 0 unspecified atom stereocenters. The number of methoxy groups -OCH3 is 1. The van der Waals surface area contributed by atoms with E-state index in [1.165, 1.54) is 19.4 Å². The third-order valence-corrected chi connectivity index (χ3v) is 2.35. The minimum atomic E-state index is -0.627. The maximum atomic E-state index is 11.9. The molecule has 0 radical (unpaired) electrons. The van der Waals surface area contributed by atoms with Crippen molar-refractivity contribution in [3.63, 3.8) is 0 Å². The maximum Gasteiger partial charge on any atom is 0.412 e. The Hall–Kier alpha value is -2.35. The Bertz CT molecular complexity index is 555. The lowest BCUT2D eigenvalue weighted by Gasteiger charge is -2.20. The lowest BCUT2D eigenvalue weighted by molar-refractivity contribution is -0.119. The Morgan fingerprint density at radius 2 is 1.96 bits per heavy atom. The monoisotopic (exact) mass is 325 g/mol. The highest BCUT2D eigenvalue weighted by molar-refractivity contribution is 5.93. The van der Waals surface area contributed by atoms with Gasteiger partial charge in [-0.1, -0.05) is 0 Å². The van der Waals surface area contributed by atoms with E-state index in [-0.39, 0.29) is 18.3 Å². The van der Waals surface area contributed by atoms with Gasteiger partial charge in [-0.2, -0.15) is 0 Å². The fourth-order valence-corrected chi connectivity index (χ4v) is 1.60. The molecule has 0 aliphatic heterocycles. The smallest absolute Gasteiger partial charge is 0.412 e. The van der Waals surface area contributed by atoms with Crippen LogP contribution in [0, 0.1) is 0 Å². The minimum absolute atomic E-state index is 0.0935. The van der Waals surface area contributed by atoms with Crippen LogP contribution >= 0.6 is 0 Å². The van der Waals surface area contributed by atoms with Crippen molar-refractivity contribution in [2.45, 2.75) is 33.3 Å². The van der Waals surface area contributed by atoms with Crippen LogP contribution in [0.15, 0.2) is 12.3 Å². The van der Waals surface area contributed by atoms with E-state index in [1.54, 1.807) is 20.8 Å². The zero-order valence-electron chi connectivity index (χ0n) is 14.1. The third kappa shape index (κ3) is 6.96. The average molecular weight is 325 g/mol. The average Bonchev–Trinajstić information content (AvgIpc) is 2.40. The van der Waals surface area contributed by atoms with Gasteiger partial charge < -0.3 is 19.5 Å². The molecule has 0 aliphatic carbocycles. The predicted octanol–water partition coefficient (Wildman–Crippen LogP) is 2.41. The summed E-state index contributed by atoms with van der Waals surface area (Å²) in [6, 6.07) is 1.49. The van der Waals surface area contributed by atoms with Crippen LogP contribution in [0.2, 0.25) is 0 Å². The van der Waals surface area contributed by atoms with Gasteiger partial charge in [0.25, 0.3) is 5.91 Å². The Labute approximate surface area is 135 Å². The largest absolute Gasteiger partial charge is 0.490 e. The van der Waals surface area contributed by atoms with Crippen LogP contribution < -0.4 is 15.4 Å². The van der Waals surface area contributed by atoms with Crippen molar-refractivity contribution in [2.75, 3.05) is 31.0 Å². The van der Waals surface area contributed by atoms with Crippen molar-refractivity contribution in [3.05, 3.63) is 12.3 Å². The molecule has 1 aromatic heterocycles. The van der Waals surface area contributed by atoms with Gasteiger partial charge in [0.1, 0.15) is 18.0 Å². The van der Waals surface area contributed by atoms with Gasteiger partial charge in [0.2, 0.25) is 0 Å². The molecule has 0 saturated heterocycles. The minimum Gasteiger partial charge on any atom is -0.490 e. The number of carbonyl (C=O) groups excluding carboxylic acids is 2. The van der Waals surface area contributed by atoms with Gasteiger partial charge in [-0.25, -0.2) is 9.78 Å². The van der Waals surface area contributed by atoms with E-state index in [4.69, 9.17) is 14.2 Å². The SMILES string of the molecule is CCOc1cnc(NC(=O)COC)cc1NC(=O)OC(C)(C)C. The molecule has 128 valence electrons. The van der Waals surface area contributed by atoms with Crippen LogP contribution in [-0.2, 0) is 14.3 Å². The zero-order chi connectivity index (χ0) is 17.5. The van der Waals surface area contributed by atoms with E-state index in [0.29, 0.717) is 18.0 Å². The molecule has 1 rings (SSSR count). The van der Waals surface area contributed by atoms with Crippen LogP contribution in [0.1, 0.15) is 27.7 Å². The van der Waals surface area contributed by atoms with E-state index in [9.17, 15) is 9.59 Å². The highest BCUT2D eigenvalue weighted by Crippen LogP contribution is 2.26. The standard InChI is InChI=1S/C15H23N3O5/c1-6-22-11-8-16-12(18-13(19)9-21-5)7-10(11)17-14(20)23-15(2,3)4/h7-8H,6,9H2,1-5H3,(H2,16,17,18,19,20). The second-order valence-corrected chi connectivity index (χ2v) is 5.61. The summed E-state index contributed by atoms with van der Waals surface area (Å²) in [5, 5.41) is 5.14. The number of pyridine rings is 1. The molecule has 0 fully saturated rings. The van der Waals surface area contributed by atoms with E-state index in [1.807, 2.05) is 6.92 Å². The number of aromatic nitrogens is 1. The van der Waals surface area contributed by atoms with Gasteiger partial charge in [0.15, 0.2) is 5.75 Å². The first-order chi connectivity index (χ1) is 10.7. The van der Waals surface area contributed by atoms with Crippen LogP contribution in [0.25, 0.3) is 0 Å². The number of carbonyl (C=O) groups is 2. The normalized spacial score (nSPS) is 10.8. The molecule has 1 heterocycles. The van der Waals surface area contributed by atoms with Crippen molar-refractivity contribution >= 4 is 23.5 Å². The highest BCUT2D eigenvalue weighted by atomic mass is 16.6. The molecule has 0 atom stereocenters. The molecule has 0 bridgehead atoms. The van der Waals surface area contributed by atoms with Gasteiger partial charge in [0, 0.05) is 13.2 Å². The lowest BCUT2D eigenvalue weighted by Crippen LogP contribution is -2.27. The summed E-state index contributed by atoms with van der Waals surface area (Å²) in [6.45, 7) is 7.41. The number of rotatable bonds is 6. The summed E-state index contributed by atoms with van der Waals surface area (Å²) < 4.78 is 15.3. The molecule has 0 aromatic carbocycles. The topological polar surface area (TPSA) is 98.8 Å². The molecule has 0 spiro atoms. The summed E-state index contributed by atoms with van der Waals surface area (Å²) in [5.41, 5.74) is -0.276. The Morgan fingerprint density at radius 1 is 1.26 bits per heavy atom. The predicted molar refractivity (Wildman–Crippen MR) is 85.8 cm³/mol. The quantitative estimate of drug-likeness (QED) is 0.833. The zero-order valence-corrected chi connectivity index (χ0v) is 14.1. The molecular weight excluding hydrogens is 302 g/mol. The van der Waals surface area contributed by atoms with Crippen LogP contribution in [0.5, 0.6) is 5.75 Å². The van der Waals surface area contributed by atoms with Crippen LogP contribution in [0.4, 0.5) is 16.3 Å². The van der Waals surface area contributed by atoms with E-state index >= 15 is 0 Å². The number of anilines is 2. The molecule has 2 amide bonds. The summed E-state index contributed by atoms with van der Waals surface area (Å²) in [5.74, 6) is 0.289. The van der Waals surface area contributed by atoms with Crippen LogP contribution in [0.3, 0.4) is 0 Å². The fraction of sp³-hybridized carbons (Fsp3) is 0.533. The molecule has 1 aromatic rings. The maximum absolute atomic E-state index is 11.9. The van der Waals surface area contributed by atoms with Crippen molar-refractivity contribution < 1.29 is 23.8 Å². The lowest BCUT2D eigenvalue weighted by atomic mass is 10.2. The summed E-state index contributed by atoms with van der Waals surface area (Å²) in [6.07, 6.45) is 0.789. The van der Waals surface area contributed by atoms with Gasteiger partial charge in [-0.3, -0.25) is 10.1 Å². The second-order valence-electron chi connectivity index (χ2n) is 5.61.